The maximum atomic E-state index is 12.6. The van der Waals surface area contributed by atoms with E-state index >= 15 is 0 Å². The summed E-state index contributed by atoms with van der Waals surface area (Å²) in [6, 6.07) is 7.52. The number of carbonyl (C=O) groups is 2. The molecular weight excluding hydrogens is 340 g/mol. The number of halogens is 1. The predicted molar refractivity (Wildman–Crippen MR) is 95.7 cm³/mol. The first kappa shape index (κ1) is 17.9. The van der Waals surface area contributed by atoms with Gasteiger partial charge in [-0.2, -0.15) is 5.11 Å². The summed E-state index contributed by atoms with van der Waals surface area (Å²) in [7, 11) is 0. The van der Waals surface area contributed by atoms with Crippen molar-refractivity contribution in [2.75, 3.05) is 5.32 Å². The Labute approximate surface area is 152 Å². The molecule has 1 aromatic carbocycles. The third-order valence-electron chi connectivity index (χ3n) is 6.40. The Morgan fingerprint density at radius 2 is 2.00 bits per heavy atom. The Balaban J connectivity index is 0.00000182. The Morgan fingerprint density at radius 1 is 1.32 bits per heavy atom. The number of anilines is 1. The lowest BCUT2D eigenvalue weighted by Crippen LogP contribution is -2.50. The van der Waals surface area contributed by atoms with Crippen LogP contribution < -0.4 is 11.1 Å². The van der Waals surface area contributed by atoms with Gasteiger partial charge in [-0.05, 0) is 55.6 Å². The minimum atomic E-state index is -0.527. The van der Waals surface area contributed by atoms with E-state index < -0.39 is 17.7 Å². The van der Waals surface area contributed by atoms with Crippen LogP contribution in [0.25, 0.3) is 0 Å². The highest BCUT2D eigenvalue weighted by Crippen LogP contribution is 2.55. The highest BCUT2D eigenvalue weighted by Gasteiger charge is 2.53. The van der Waals surface area contributed by atoms with Crippen molar-refractivity contribution in [2.24, 2.45) is 28.6 Å². The zero-order valence-corrected chi connectivity index (χ0v) is 14.7. The van der Waals surface area contributed by atoms with Gasteiger partial charge in [-0.3, -0.25) is 9.59 Å². The molecule has 5 rings (SSSR count). The summed E-state index contributed by atoms with van der Waals surface area (Å²) in [4.78, 5) is 25.0. The molecule has 0 saturated heterocycles. The highest BCUT2D eigenvalue weighted by atomic mass is 35.5. The van der Waals surface area contributed by atoms with E-state index in [0.717, 1.165) is 36.9 Å². The van der Waals surface area contributed by atoms with Gasteiger partial charge in [0.05, 0.1) is 17.4 Å². The first-order chi connectivity index (χ1) is 11.5. The summed E-state index contributed by atoms with van der Waals surface area (Å²) in [5.41, 5.74) is 14.7. The van der Waals surface area contributed by atoms with E-state index in [2.05, 4.69) is 10.4 Å². The Hall–Kier alpha value is -1.95. The van der Waals surface area contributed by atoms with E-state index in [1.807, 2.05) is 24.3 Å². The van der Waals surface area contributed by atoms with Gasteiger partial charge in [0, 0.05) is 5.69 Å². The van der Waals surface area contributed by atoms with Crippen LogP contribution in [-0.4, -0.2) is 17.4 Å². The van der Waals surface area contributed by atoms with Gasteiger partial charge in [-0.1, -0.05) is 18.2 Å². The number of nitrogens with zero attached hydrogens (tertiary/aromatic N) is 1. The van der Waals surface area contributed by atoms with Gasteiger partial charge in [0.2, 0.25) is 11.8 Å². The third-order valence-corrected chi connectivity index (χ3v) is 6.40. The van der Waals surface area contributed by atoms with Gasteiger partial charge < -0.3 is 11.1 Å². The molecule has 2 unspecified atom stereocenters. The molecule has 3 fully saturated rings. The molecule has 2 amide bonds. The number of hydrogen-bond donors (Lipinski definition) is 3. The molecule has 3 aliphatic carbocycles. The third kappa shape index (κ3) is 2.72. The van der Waals surface area contributed by atoms with Crippen LogP contribution in [0.3, 0.4) is 0 Å². The van der Waals surface area contributed by atoms with Crippen molar-refractivity contribution in [3.05, 3.63) is 29.8 Å². The van der Waals surface area contributed by atoms with E-state index in [1.54, 1.807) is 0 Å². The lowest BCUT2D eigenvalue weighted by Gasteiger charge is -2.50. The summed E-state index contributed by atoms with van der Waals surface area (Å²) in [6.45, 7) is 0. The first-order valence-electron chi connectivity index (χ1n) is 8.62. The van der Waals surface area contributed by atoms with Gasteiger partial charge in [0.25, 0.3) is 0 Å². The van der Waals surface area contributed by atoms with E-state index in [1.165, 1.54) is 0 Å². The SMILES string of the molecule is Cl.N=NC12CCC(CC1)C([C@H](C(N)=O)C1C(=O)Nc3ccccc31)C2. The van der Waals surface area contributed by atoms with Crippen molar-refractivity contribution in [3.63, 3.8) is 0 Å². The number of fused-ring (bicyclic) bond motifs is 4. The summed E-state index contributed by atoms with van der Waals surface area (Å²) >= 11 is 0. The average Bonchev–Trinajstić information content (AvgIpc) is 2.92. The summed E-state index contributed by atoms with van der Waals surface area (Å²) in [5, 5.41) is 6.80. The predicted octanol–water partition coefficient (Wildman–Crippen LogP) is 3.23. The van der Waals surface area contributed by atoms with Crippen molar-refractivity contribution in [1.29, 1.82) is 5.53 Å². The number of nitrogens with two attached hydrogens (primary N) is 1. The number of hydrogen-bond acceptors (Lipinski definition) is 4. The van der Waals surface area contributed by atoms with Crippen LogP contribution in [0.15, 0.2) is 29.4 Å². The lowest BCUT2D eigenvalue weighted by molar-refractivity contribution is -0.132. The summed E-state index contributed by atoms with van der Waals surface area (Å²) in [6.07, 6.45) is 4.45. The molecule has 6 nitrogen and oxygen atoms in total. The molecule has 0 aromatic heterocycles. The molecule has 1 aromatic rings. The molecule has 3 atom stereocenters. The highest BCUT2D eigenvalue weighted by molar-refractivity contribution is 6.05. The number of nitrogens with one attached hydrogen (secondary N) is 2. The standard InChI is InChI=1S/C18H22N4O2.ClH/c19-16(23)14(12-9-18(22-20)7-5-10(12)6-8-18)15-11-3-1-2-4-13(11)21-17(15)24;/h1-4,10,12,14-15,20H,5-9H2,(H2,19,23)(H,21,24);1H/t10?,12?,14-,15?,18?;/m0./s1. The minimum Gasteiger partial charge on any atom is -0.369 e. The van der Waals surface area contributed by atoms with E-state index in [4.69, 9.17) is 11.3 Å². The summed E-state index contributed by atoms with van der Waals surface area (Å²) in [5.74, 6) is -1.18. The molecule has 3 saturated carbocycles. The zero-order valence-electron chi connectivity index (χ0n) is 13.9. The maximum absolute atomic E-state index is 12.6. The average molecular weight is 363 g/mol. The molecule has 4 aliphatic rings. The maximum Gasteiger partial charge on any atom is 0.232 e. The van der Waals surface area contributed by atoms with Crippen LogP contribution in [-0.2, 0) is 9.59 Å². The van der Waals surface area contributed by atoms with Crippen LogP contribution in [0.4, 0.5) is 5.69 Å². The molecule has 1 heterocycles. The number of para-hydroxylation sites is 1. The van der Waals surface area contributed by atoms with Crippen molar-refractivity contribution in [3.8, 4) is 0 Å². The Morgan fingerprint density at radius 3 is 2.64 bits per heavy atom. The molecule has 134 valence electrons. The van der Waals surface area contributed by atoms with Crippen LogP contribution in [0, 0.1) is 23.3 Å². The largest absolute Gasteiger partial charge is 0.369 e. The second-order valence-electron chi connectivity index (χ2n) is 7.52. The number of benzene rings is 1. The molecule has 0 radical (unpaired) electrons. The normalized spacial score (nSPS) is 33.8. The first-order valence-corrected chi connectivity index (χ1v) is 8.62. The van der Waals surface area contributed by atoms with Gasteiger partial charge in [0.15, 0.2) is 0 Å². The smallest absolute Gasteiger partial charge is 0.232 e. The molecule has 7 heteroatoms. The van der Waals surface area contributed by atoms with Crippen molar-refractivity contribution in [2.45, 2.75) is 43.6 Å². The topological polar surface area (TPSA) is 108 Å². The van der Waals surface area contributed by atoms with Crippen molar-refractivity contribution >= 4 is 29.9 Å². The minimum absolute atomic E-state index is 0. The van der Waals surface area contributed by atoms with Gasteiger partial charge in [-0.15, -0.1) is 12.4 Å². The molecule has 0 spiro atoms. The lowest BCUT2D eigenvalue weighted by atomic mass is 9.56. The Bertz CT molecular complexity index is 715. The fourth-order valence-electron chi connectivity index (χ4n) is 5.21. The van der Waals surface area contributed by atoms with Gasteiger partial charge >= 0.3 is 0 Å². The second-order valence-corrected chi connectivity index (χ2v) is 7.52. The quantitative estimate of drug-likeness (QED) is 0.715. The second kappa shape index (κ2) is 6.41. The van der Waals surface area contributed by atoms with Crippen molar-refractivity contribution in [1.82, 2.24) is 0 Å². The Kier molecular flexibility index (Phi) is 4.58. The fourth-order valence-corrected chi connectivity index (χ4v) is 5.21. The van der Waals surface area contributed by atoms with Crippen LogP contribution in [0.5, 0.6) is 0 Å². The molecule has 1 aliphatic heterocycles. The fraction of sp³-hybridized carbons (Fsp3) is 0.556. The van der Waals surface area contributed by atoms with Gasteiger partial charge in [0.1, 0.15) is 0 Å². The van der Waals surface area contributed by atoms with E-state index in [0.29, 0.717) is 12.3 Å². The van der Waals surface area contributed by atoms with E-state index in [-0.39, 0.29) is 29.8 Å². The molecule has 25 heavy (non-hydrogen) atoms. The molecule has 2 bridgehead atoms. The van der Waals surface area contributed by atoms with Crippen LogP contribution in [0.1, 0.15) is 43.6 Å². The number of rotatable bonds is 4. The molecular formula is C18H23ClN4O2. The number of carbonyl (C=O) groups excluding carboxylic acids is 2. The van der Waals surface area contributed by atoms with E-state index in [9.17, 15) is 9.59 Å². The monoisotopic (exact) mass is 362 g/mol. The number of primary amides is 1. The summed E-state index contributed by atoms with van der Waals surface area (Å²) < 4.78 is 0. The van der Waals surface area contributed by atoms with Crippen LogP contribution in [0.2, 0.25) is 0 Å². The van der Waals surface area contributed by atoms with Crippen molar-refractivity contribution < 1.29 is 9.59 Å². The zero-order chi connectivity index (χ0) is 16.9. The number of amides is 2. The molecule has 4 N–H and O–H groups in total. The van der Waals surface area contributed by atoms with Crippen LogP contribution >= 0.6 is 12.4 Å². The van der Waals surface area contributed by atoms with Gasteiger partial charge in [-0.25, -0.2) is 5.53 Å².